The molecule has 0 aliphatic carbocycles. The molecule has 0 N–H and O–H groups in total. The van der Waals surface area contributed by atoms with Gasteiger partial charge in [-0.3, -0.25) is 4.31 Å². The summed E-state index contributed by atoms with van der Waals surface area (Å²) in [5.74, 6) is 0. The summed E-state index contributed by atoms with van der Waals surface area (Å²) in [6.07, 6.45) is 1.59. The molecule has 0 aromatic heterocycles. The van der Waals surface area contributed by atoms with Gasteiger partial charge in [-0.1, -0.05) is 40.2 Å². The van der Waals surface area contributed by atoms with E-state index in [0.717, 1.165) is 10.0 Å². The molecule has 0 atom stereocenters. The van der Waals surface area contributed by atoms with Crippen LogP contribution in [0.4, 0.5) is 5.69 Å². The van der Waals surface area contributed by atoms with Crippen LogP contribution in [0.15, 0.2) is 70.6 Å². The Morgan fingerprint density at radius 3 is 2.33 bits per heavy atom. The summed E-state index contributed by atoms with van der Waals surface area (Å²) in [6, 6.07) is 14.0. The molecular formula is C16H16BrNO2S. The quantitative estimate of drug-likeness (QED) is 0.746. The van der Waals surface area contributed by atoms with E-state index >= 15 is 0 Å². The van der Waals surface area contributed by atoms with Crippen LogP contribution in [0.1, 0.15) is 5.56 Å². The molecule has 110 valence electrons. The predicted octanol–water partition coefficient (Wildman–Crippen LogP) is 4.14. The van der Waals surface area contributed by atoms with Crippen molar-refractivity contribution in [2.45, 2.75) is 11.8 Å². The predicted molar refractivity (Wildman–Crippen MR) is 90.0 cm³/mol. The largest absolute Gasteiger partial charge is 0.264 e. The molecule has 21 heavy (non-hydrogen) atoms. The first-order valence-corrected chi connectivity index (χ1v) is 8.65. The van der Waals surface area contributed by atoms with E-state index in [1.165, 1.54) is 4.31 Å². The molecule has 0 aliphatic rings. The van der Waals surface area contributed by atoms with Gasteiger partial charge in [-0.2, -0.15) is 0 Å². The minimum absolute atomic E-state index is 0.225. The molecule has 0 heterocycles. The van der Waals surface area contributed by atoms with Gasteiger partial charge >= 0.3 is 0 Å². The van der Waals surface area contributed by atoms with Gasteiger partial charge in [0.1, 0.15) is 0 Å². The third kappa shape index (κ3) is 3.36. The van der Waals surface area contributed by atoms with Crippen molar-refractivity contribution >= 4 is 31.6 Å². The Hall–Kier alpha value is -1.59. The molecule has 0 bridgehead atoms. The van der Waals surface area contributed by atoms with E-state index in [4.69, 9.17) is 0 Å². The van der Waals surface area contributed by atoms with E-state index in [9.17, 15) is 8.42 Å². The summed E-state index contributed by atoms with van der Waals surface area (Å²) >= 11 is 3.31. The lowest BCUT2D eigenvalue weighted by atomic mass is 10.2. The van der Waals surface area contributed by atoms with Crippen LogP contribution in [-0.2, 0) is 10.0 Å². The van der Waals surface area contributed by atoms with Gasteiger partial charge in [0.15, 0.2) is 0 Å². The minimum atomic E-state index is -3.61. The Bertz CT molecular complexity index is 739. The zero-order valence-corrected chi connectivity index (χ0v) is 14.1. The minimum Gasteiger partial charge on any atom is -0.262 e. The molecule has 2 rings (SSSR count). The maximum Gasteiger partial charge on any atom is 0.264 e. The second kappa shape index (κ2) is 6.45. The topological polar surface area (TPSA) is 37.4 Å². The summed E-state index contributed by atoms with van der Waals surface area (Å²) in [4.78, 5) is 0.260. The van der Waals surface area contributed by atoms with Crippen LogP contribution in [0.3, 0.4) is 0 Å². The molecule has 0 fully saturated rings. The average molecular weight is 366 g/mol. The van der Waals surface area contributed by atoms with Crippen LogP contribution in [0.2, 0.25) is 0 Å². The number of aryl methyl sites for hydroxylation is 1. The first-order chi connectivity index (χ1) is 9.96. The summed E-state index contributed by atoms with van der Waals surface area (Å²) in [5, 5.41) is 0. The van der Waals surface area contributed by atoms with Crippen molar-refractivity contribution in [1.29, 1.82) is 0 Å². The zero-order valence-electron chi connectivity index (χ0n) is 11.7. The van der Waals surface area contributed by atoms with Gasteiger partial charge in [0.25, 0.3) is 10.0 Å². The van der Waals surface area contributed by atoms with Crippen LogP contribution in [0, 0.1) is 6.92 Å². The molecular weight excluding hydrogens is 350 g/mol. The van der Waals surface area contributed by atoms with Crippen molar-refractivity contribution in [1.82, 2.24) is 0 Å². The van der Waals surface area contributed by atoms with Gasteiger partial charge in [-0.15, -0.1) is 6.58 Å². The fourth-order valence-electron chi connectivity index (χ4n) is 2.02. The van der Waals surface area contributed by atoms with E-state index < -0.39 is 10.0 Å². The highest BCUT2D eigenvalue weighted by molar-refractivity contribution is 9.10. The first kappa shape index (κ1) is 15.8. The number of halogens is 1. The van der Waals surface area contributed by atoms with Gasteiger partial charge in [-0.25, -0.2) is 8.42 Å². The van der Waals surface area contributed by atoms with Crippen LogP contribution in [0.25, 0.3) is 0 Å². The van der Waals surface area contributed by atoms with E-state index in [2.05, 4.69) is 22.5 Å². The van der Waals surface area contributed by atoms with Crippen molar-refractivity contribution in [2.75, 3.05) is 10.8 Å². The summed E-state index contributed by atoms with van der Waals surface area (Å²) in [6.45, 7) is 5.78. The van der Waals surface area contributed by atoms with E-state index in [0.29, 0.717) is 5.69 Å². The fraction of sp³-hybridized carbons (Fsp3) is 0.125. The van der Waals surface area contributed by atoms with Crippen molar-refractivity contribution < 1.29 is 8.42 Å². The van der Waals surface area contributed by atoms with Gasteiger partial charge < -0.3 is 0 Å². The summed E-state index contributed by atoms with van der Waals surface area (Å²) in [5.41, 5.74) is 1.57. The van der Waals surface area contributed by atoms with E-state index in [1.54, 1.807) is 36.4 Å². The van der Waals surface area contributed by atoms with Gasteiger partial charge in [-0.05, 0) is 42.8 Å². The fourth-order valence-corrected chi connectivity index (χ4v) is 3.78. The summed E-state index contributed by atoms with van der Waals surface area (Å²) in [7, 11) is -3.61. The number of nitrogens with zero attached hydrogens (tertiary/aromatic N) is 1. The zero-order chi connectivity index (χ0) is 15.5. The van der Waals surface area contributed by atoms with Crippen LogP contribution < -0.4 is 4.31 Å². The maximum absolute atomic E-state index is 12.8. The number of hydrogen-bond acceptors (Lipinski definition) is 2. The molecule has 0 unspecified atom stereocenters. The third-order valence-corrected chi connectivity index (χ3v) is 5.40. The third-order valence-electron chi connectivity index (χ3n) is 3.08. The molecule has 0 amide bonds. The number of rotatable bonds is 5. The molecule has 0 aliphatic heterocycles. The number of sulfonamides is 1. The molecule has 2 aromatic rings. The van der Waals surface area contributed by atoms with Crippen molar-refractivity contribution in [3.05, 3.63) is 71.2 Å². The highest BCUT2D eigenvalue weighted by atomic mass is 79.9. The van der Waals surface area contributed by atoms with Crippen molar-refractivity contribution in [3.8, 4) is 0 Å². The Balaban J connectivity index is 2.54. The first-order valence-electron chi connectivity index (χ1n) is 6.41. The number of anilines is 1. The lowest BCUT2D eigenvalue weighted by molar-refractivity contribution is 0.592. The number of hydrogen-bond donors (Lipinski definition) is 0. The molecule has 0 radical (unpaired) electrons. The highest BCUT2D eigenvalue weighted by Gasteiger charge is 2.24. The normalized spacial score (nSPS) is 11.1. The lowest BCUT2D eigenvalue weighted by Crippen LogP contribution is -2.31. The Morgan fingerprint density at radius 1 is 1.14 bits per heavy atom. The number of benzene rings is 2. The Morgan fingerprint density at radius 2 is 1.76 bits per heavy atom. The highest BCUT2D eigenvalue weighted by Crippen LogP contribution is 2.27. The smallest absolute Gasteiger partial charge is 0.262 e. The average Bonchev–Trinajstić information content (AvgIpc) is 2.46. The monoisotopic (exact) mass is 365 g/mol. The standard InChI is InChI=1S/C16H16BrNO2S/c1-3-12-18(16-7-5-4-6-13(16)2)21(19,20)15-10-8-14(17)9-11-15/h3-11H,1,12H2,2H3. The Kier molecular flexibility index (Phi) is 4.85. The van der Waals surface area contributed by atoms with Crippen molar-refractivity contribution in [2.24, 2.45) is 0 Å². The lowest BCUT2D eigenvalue weighted by Gasteiger charge is -2.24. The van der Waals surface area contributed by atoms with Gasteiger partial charge in [0, 0.05) is 4.47 Å². The van der Waals surface area contributed by atoms with E-state index in [-0.39, 0.29) is 11.4 Å². The van der Waals surface area contributed by atoms with Crippen molar-refractivity contribution in [3.63, 3.8) is 0 Å². The van der Waals surface area contributed by atoms with Gasteiger partial charge in [0.2, 0.25) is 0 Å². The van der Waals surface area contributed by atoms with Crippen LogP contribution in [0.5, 0.6) is 0 Å². The molecule has 5 heteroatoms. The second-order valence-corrected chi connectivity index (χ2v) is 7.34. The van der Waals surface area contributed by atoms with Crippen LogP contribution >= 0.6 is 15.9 Å². The Labute approximate surface area is 134 Å². The molecule has 3 nitrogen and oxygen atoms in total. The molecule has 2 aromatic carbocycles. The van der Waals surface area contributed by atoms with Gasteiger partial charge in [0.05, 0.1) is 17.1 Å². The SMILES string of the molecule is C=CCN(c1ccccc1C)S(=O)(=O)c1ccc(Br)cc1. The second-order valence-electron chi connectivity index (χ2n) is 4.57. The maximum atomic E-state index is 12.8. The molecule has 0 spiro atoms. The summed E-state index contributed by atoms with van der Waals surface area (Å²) < 4.78 is 27.9. The molecule has 0 saturated carbocycles. The molecule has 0 saturated heterocycles. The number of para-hydroxylation sites is 1. The van der Waals surface area contributed by atoms with Crippen LogP contribution in [-0.4, -0.2) is 15.0 Å². The van der Waals surface area contributed by atoms with E-state index in [1.807, 2.05) is 25.1 Å².